The first-order chi connectivity index (χ1) is 8.69. The van der Waals surface area contributed by atoms with Crippen LogP contribution in [0.5, 0.6) is 0 Å². The highest BCUT2D eigenvalue weighted by Gasteiger charge is 2.04. The molecule has 0 bridgehead atoms. The van der Waals surface area contributed by atoms with E-state index in [-0.39, 0.29) is 5.56 Å². The van der Waals surface area contributed by atoms with E-state index >= 15 is 0 Å². The topological polar surface area (TPSA) is 69.5 Å². The lowest BCUT2D eigenvalue weighted by molar-refractivity contribution is 0.905. The van der Waals surface area contributed by atoms with Crippen LogP contribution in [-0.2, 0) is 5.75 Å². The second-order valence-electron chi connectivity index (χ2n) is 3.75. The molecule has 0 fully saturated rings. The molecule has 5 heteroatoms. The number of H-pyrrole nitrogens is 1. The first kappa shape index (κ1) is 12.4. The normalized spacial score (nSPS) is 10.0. The minimum atomic E-state index is -0.154. The molecule has 0 atom stereocenters. The molecule has 0 aliphatic rings. The van der Waals surface area contributed by atoms with Gasteiger partial charge in [0.2, 0.25) is 0 Å². The number of nitrogens with one attached hydrogen (secondary N) is 1. The van der Waals surface area contributed by atoms with Crippen LogP contribution >= 0.6 is 11.8 Å². The number of thioether (sulfide) groups is 1. The van der Waals surface area contributed by atoms with Gasteiger partial charge < -0.3 is 4.98 Å². The lowest BCUT2D eigenvalue weighted by atomic mass is 10.1. The predicted molar refractivity (Wildman–Crippen MR) is 70.3 cm³/mol. The lowest BCUT2D eigenvalue weighted by Gasteiger charge is -2.03. The van der Waals surface area contributed by atoms with Crippen LogP contribution < -0.4 is 5.56 Å². The van der Waals surface area contributed by atoms with Crippen molar-refractivity contribution in [3.05, 3.63) is 57.5 Å². The summed E-state index contributed by atoms with van der Waals surface area (Å²) in [7, 11) is 0. The van der Waals surface area contributed by atoms with Crippen molar-refractivity contribution in [1.29, 1.82) is 5.26 Å². The average Bonchev–Trinajstić information content (AvgIpc) is 2.35. The van der Waals surface area contributed by atoms with E-state index in [1.54, 1.807) is 13.0 Å². The molecular weight excluding hydrogens is 246 g/mol. The summed E-state index contributed by atoms with van der Waals surface area (Å²) in [5.74, 6) is 0.607. The smallest absolute Gasteiger partial charge is 0.251 e. The quantitative estimate of drug-likeness (QED) is 0.676. The number of nitriles is 1. The van der Waals surface area contributed by atoms with Crippen molar-refractivity contribution in [2.75, 3.05) is 0 Å². The molecule has 2 aromatic rings. The Balaban J connectivity index is 2.17. The third kappa shape index (κ3) is 2.99. The van der Waals surface area contributed by atoms with E-state index in [0.29, 0.717) is 22.2 Å². The van der Waals surface area contributed by atoms with Gasteiger partial charge in [-0.2, -0.15) is 5.26 Å². The summed E-state index contributed by atoms with van der Waals surface area (Å²) in [6.45, 7) is 1.78. The zero-order valence-electron chi connectivity index (χ0n) is 9.80. The van der Waals surface area contributed by atoms with Gasteiger partial charge in [-0.15, -0.1) is 0 Å². The fraction of sp³-hybridized carbons (Fsp3) is 0.154. The van der Waals surface area contributed by atoms with Crippen LogP contribution in [0.15, 0.2) is 40.3 Å². The fourth-order valence-corrected chi connectivity index (χ4v) is 2.45. The summed E-state index contributed by atoms with van der Waals surface area (Å²) in [5, 5.41) is 9.55. The number of nitrogens with zero attached hydrogens (tertiary/aromatic N) is 2. The van der Waals surface area contributed by atoms with Crippen LogP contribution in [0.25, 0.3) is 0 Å². The molecule has 0 amide bonds. The molecule has 1 aromatic heterocycles. The molecule has 1 aromatic carbocycles. The molecular formula is C13H11N3OS. The van der Waals surface area contributed by atoms with Gasteiger partial charge in [-0.3, -0.25) is 4.79 Å². The Bertz CT molecular complexity index is 658. The highest BCUT2D eigenvalue weighted by molar-refractivity contribution is 7.98. The number of aryl methyl sites for hydroxylation is 1. The molecule has 90 valence electrons. The Morgan fingerprint density at radius 1 is 1.44 bits per heavy atom. The van der Waals surface area contributed by atoms with Crippen molar-refractivity contribution >= 4 is 11.8 Å². The van der Waals surface area contributed by atoms with Crippen LogP contribution in [0.4, 0.5) is 0 Å². The Labute approximate surface area is 109 Å². The maximum Gasteiger partial charge on any atom is 0.251 e. The first-order valence-electron chi connectivity index (χ1n) is 5.38. The van der Waals surface area contributed by atoms with E-state index in [0.717, 1.165) is 5.56 Å². The number of aromatic amines is 1. The van der Waals surface area contributed by atoms with Crippen LogP contribution in [-0.4, -0.2) is 9.97 Å². The summed E-state index contributed by atoms with van der Waals surface area (Å²) in [5.41, 5.74) is 2.13. The molecule has 0 aliphatic carbocycles. The van der Waals surface area contributed by atoms with Crippen LogP contribution in [0, 0.1) is 18.3 Å². The standard InChI is InChI=1S/C13H11N3OS/c1-9-6-12(17)16-13(15-9)18-8-11-5-3-2-4-10(11)7-14/h2-6H,8H2,1H3,(H,15,16,17). The van der Waals surface area contributed by atoms with Crippen molar-refractivity contribution in [2.24, 2.45) is 0 Å². The average molecular weight is 257 g/mol. The Hall–Kier alpha value is -2.06. The van der Waals surface area contributed by atoms with Crippen molar-refractivity contribution in [3.63, 3.8) is 0 Å². The van der Waals surface area contributed by atoms with Crippen LogP contribution in [0.2, 0.25) is 0 Å². The number of benzene rings is 1. The largest absolute Gasteiger partial charge is 0.301 e. The molecule has 1 heterocycles. The summed E-state index contributed by atoms with van der Waals surface area (Å²) < 4.78 is 0. The Kier molecular flexibility index (Phi) is 3.80. The highest BCUT2D eigenvalue weighted by atomic mass is 32.2. The third-order valence-electron chi connectivity index (χ3n) is 2.35. The van der Waals surface area contributed by atoms with Gasteiger partial charge >= 0.3 is 0 Å². The SMILES string of the molecule is Cc1cc(=O)[nH]c(SCc2ccccc2C#N)n1. The van der Waals surface area contributed by atoms with Gasteiger partial charge in [-0.25, -0.2) is 4.98 Å². The monoisotopic (exact) mass is 257 g/mol. The van der Waals surface area contributed by atoms with Gasteiger partial charge in [0.25, 0.3) is 5.56 Å². The van der Waals surface area contributed by atoms with Crippen molar-refractivity contribution < 1.29 is 0 Å². The zero-order chi connectivity index (χ0) is 13.0. The molecule has 0 saturated heterocycles. The molecule has 2 rings (SSSR count). The molecule has 0 aliphatic heterocycles. The van der Waals surface area contributed by atoms with E-state index in [4.69, 9.17) is 5.26 Å². The van der Waals surface area contributed by atoms with E-state index in [1.807, 2.05) is 18.2 Å². The van der Waals surface area contributed by atoms with E-state index in [9.17, 15) is 4.79 Å². The first-order valence-corrected chi connectivity index (χ1v) is 6.36. The van der Waals surface area contributed by atoms with Gasteiger partial charge in [0, 0.05) is 17.5 Å². The van der Waals surface area contributed by atoms with E-state index < -0.39 is 0 Å². The van der Waals surface area contributed by atoms with Gasteiger partial charge in [-0.1, -0.05) is 30.0 Å². The summed E-state index contributed by atoms with van der Waals surface area (Å²) >= 11 is 1.41. The maximum absolute atomic E-state index is 11.3. The van der Waals surface area contributed by atoms with Crippen molar-refractivity contribution in [3.8, 4) is 6.07 Å². The summed E-state index contributed by atoms with van der Waals surface area (Å²) in [4.78, 5) is 18.2. The Morgan fingerprint density at radius 3 is 2.94 bits per heavy atom. The minimum absolute atomic E-state index is 0.154. The second kappa shape index (κ2) is 5.52. The third-order valence-corrected chi connectivity index (χ3v) is 3.27. The zero-order valence-corrected chi connectivity index (χ0v) is 10.6. The van der Waals surface area contributed by atoms with Crippen molar-refractivity contribution in [2.45, 2.75) is 17.8 Å². The summed E-state index contributed by atoms with van der Waals surface area (Å²) in [6.07, 6.45) is 0. The summed E-state index contributed by atoms with van der Waals surface area (Å²) in [6, 6.07) is 11.0. The number of hydrogen-bond donors (Lipinski definition) is 1. The van der Waals surface area contributed by atoms with Gasteiger partial charge in [0.1, 0.15) is 0 Å². The fourth-order valence-electron chi connectivity index (χ4n) is 1.52. The molecule has 0 spiro atoms. The van der Waals surface area contributed by atoms with E-state index in [1.165, 1.54) is 17.8 Å². The van der Waals surface area contributed by atoms with Gasteiger partial charge in [-0.05, 0) is 18.6 Å². The lowest BCUT2D eigenvalue weighted by Crippen LogP contribution is -2.08. The molecule has 0 radical (unpaired) electrons. The Morgan fingerprint density at radius 2 is 2.22 bits per heavy atom. The molecule has 1 N–H and O–H groups in total. The van der Waals surface area contributed by atoms with Gasteiger partial charge in [0.15, 0.2) is 5.16 Å². The predicted octanol–water partition coefficient (Wildman–Crippen LogP) is 2.24. The molecule has 18 heavy (non-hydrogen) atoms. The maximum atomic E-state index is 11.3. The molecule has 0 unspecified atom stereocenters. The molecule has 0 saturated carbocycles. The number of hydrogen-bond acceptors (Lipinski definition) is 4. The number of aromatic nitrogens is 2. The highest BCUT2D eigenvalue weighted by Crippen LogP contribution is 2.20. The second-order valence-corrected chi connectivity index (χ2v) is 4.71. The van der Waals surface area contributed by atoms with Crippen molar-refractivity contribution in [1.82, 2.24) is 9.97 Å². The minimum Gasteiger partial charge on any atom is -0.301 e. The molecule has 4 nitrogen and oxygen atoms in total. The van der Waals surface area contributed by atoms with E-state index in [2.05, 4.69) is 16.0 Å². The van der Waals surface area contributed by atoms with Crippen LogP contribution in [0.1, 0.15) is 16.8 Å². The van der Waals surface area contributed by atoms with Crippen LogP contribution in [0.3, 0.4) is 0 Å². The van der Waals surface area contributed by atoms with Gasteiger partial charge in [0.05, 0.1) is 11.6 Å². The number of rotatable bonds is 3.